The smallest absolute Gasteiger partial charge is 0.220 e. The van der Waals surface area contributed by atoms with Crippen LogP contribution in [0.1, 0.15) is 55.6 Å². The summed E-state index contributed by atoms with van der Waals surface area (Å²) < 4.78 is 8.34. The first kappa shape index (κ1) is 20.5. The van der Waals surface area contributed by atoms with Crippen LogP contribution in [-0.4, -0.2) is 33.5 Å². The lowest BCUT2D eigenvalue weighted by atomic mass is 10.1. The zero-order valence-corrected chi connectivity index (χ0v) is 18.2. The third-order valence-electron chi connectivity index (χ3n) is 6.23. The molecule has 1 saturated heterocycles. The first-order chi connectivity index (χ1) is 14.6. The maximum Gasteiger partial charge on any atom is 0.220 e. The first-order valence-electron chi connectivity index (χ1n) is 11.0. The molecule has 0 N–H and O–H groups in total. The molecule has 4 rings (SSSR count). The van der Waals surface area contributed by atoms with Gasteiger partial charge < -0.3 is 14.2 Å². The number of amides is 1. The zero-order valence-electron chi connectivity index (χ0n) is 18.2. The molecule has 5 heteroatoms. The summed E-state index contributed by atoms with van der Waals surface area (Å²) in [6, 6.07) is 14.6. The summed E-state index contributed by atoms with van der Waals surface area (Å²) >= 11 is 0. The number of aryl methyl sites for hydroxylation is 2. The Bertz CT molecular complexity index is 1040. The number of para-hydroxylation sites is 2. The Morgan fingerprint density at radius 3 is 2.80 bits per heavy atom. The average Bonchev–Trinajstić information content (AvgIpc) is 3.35. The molecule has 0 aliphatic carbocycles. The number of hydrogen-bond donors (Lipinski definition) is 0. The van der Waals surface area contributed by atoms with E-state index in [2.05, 4.69) is 42.7 Å². The van der Waals surface area contributed by atoms with Gasteiger partial charge >= 0.3 is 0 Å². The van der Waals surface area contributed by atoms with Gasteiger partial charge in [-0.05, 0) is 68.9 Å². The zero-order chi connectivity index (χ0) is 21.1. The van der Waals surface area contributed by atoms with Crippen LogP contribution >= 0.6 is 0 Å². The van der Waals surface area contributed by atoms with Crippen molar-refractivity contribution in [1.82, 2.24) is 14.5 Å². The molecule has 0 bridgehead atoms. The second kappa shape index (κ2) is 8.90. The second-order valence-electron chi connectivity index (χ2n) is 8.23. The van der Waals surface area contributed by atoms with Gasteiger partial charge in [-0.15, -0.1) is 0 Å². The third-order valence-corrected chi connectivity index (χ3v) is 6.23. The Morgan fingerprint density at radius 1 is 1.13 bits per heavy atom. The molecule has 1 amide bonds. The largest absolute Gasteiger partial charge is 0.493 e. The predicted molar refractivity (Wildman–Crippen MR) is 120 cm³/mol. The molecule has 1 fully saturated rings. The fourth-order valence-corrected chi connectivity index (χ4v) is 4.43. The molecule has 0 radical (unpaired) electrons. The maximum absolute atomic E-state index is 12.1. The van der Waals surface area contributed by atoms with E-state index in [4.69, 9.17) is 9.72 Å². The van der Waals surface area contributed by atoms with Gasteiger partial charge in [0.25, 0.3) is 0 Å². The summed E-state index contributed by atoms with van der Waals surface area (Å²) in [5, 5.41) is 0. The number of fused-ring (bicyclic) bond motifs is 1. The minimum Gasteiger partial charge on any atom is -0.493 e. The molecule has 2 heterocycles. The molecule has 1 atom stereocenters. The van der Waals surface area contributed by atoms with Crippen molar-refractivity contribution < 1.29 is 9.53 Å². The van der Waals surface area contributed by atoms with Crippen LogP contribution in [0.3, 0.4) is 0 Å². The van der Waals surface area contributed by atoms with E-state index < -0.39 is 0 Å². The van der Waals surface area contributed by atoms with Crippen molar-refractivity contribution in [3.8, 4) is 5.75 Å². The van der Waals surface area contributed by atoms with Crippen LogP contribution in [0.15, 0.2) is 42.5 Å². The highest BCUT2D eigenvalue weighted by Crippen LogP contribution is 2.33. The minimum absolute atomic E-state index is 0.0843. The van der Waals surface area contributed by atoms with E-state index in [0.717, 1.165) is 61.4 Å². The van der Waals surface area contributed by atoms with Gasteiger partial charge in [0.05, 0.1) is 23.7 Å². The lowest BCUT2D eigenvalue weighted by Gasteiger charge is -2.24. The van der Waals surface area contributed by atoms with Crippen molar-refractivity contribution >= 4 is 16.9 Å². The molecule has 30 heavy (non-hydrogen) atoms. The molecule has 5 nitrogen and oxygen atoms in total. The van der Waals surface area contributed by atoms with Crippen LogP contribution in [0.25, 0.3) is 11.0 Å². The summed E-state index contributed by atoms with van der Waals surface area (Å²) in [6.45, 7) is 8.30. The highest BCUT2D eigenvalue weighted by Gasteiger charge is 2.31. The third kappa shape index (κ3) is 4.07. The van der Waals surface area contributed by atoms with E-state index in [1.165, 1.54) is 11.1 Å². The predicted octanol–water partition coefficient (Wildman–Crippen LogP) is 5.20. The maximum atomic E-state index is 12.1. The molecule has 2 aromatic carbocycles. The van der Waals surface area contributed by atoms with Crippen molar-refractivity contribution in [2.45, 2.75) is 59.0 Å². The quantitative estimate of drug-likeness (QED) is 0.508. The highest BCUT2D eigenvalue weighted by molar-refractivity contribution is 5.77. The Hall–Kier alpha value is -2.82. The number of carbonyl (C=O) groups excluding carboxylic acids is 1. The molecule has 0 unspecified atom stereocenters. The number of ether oxygens (including phenoxy) is 1. The number of hydrogen-bond acceptors (Lipinski definition) is 3. The molecular formula is C25H31N3O2. The van der Waals surface area contributed by atoms with Crippen molar-refractivity contribution in [3.05, 3.63) is 59.4 Å². The molecule has 158 valence electrons. The Labute approximate surface area is 178 Å². The van der Waals surface area contributed by atoms with Gasteiger partial charge in [0.15, 0.2) is 0 Å². The topological polar surface area (TPSA) is 47.4 Å². The SMILES string of the molecule is CC(=O)N1CCC[C@@H]1c1nc2ccccc2n1CCCCOc1cccc(C)c1C. The van der Waals surface area contributed by atoms with E-state index in [9.17, 15) is 4.79 Å². The average molecular weight is 406 g/mol. The van der Waals surface area contributed by atoms with Gasteiger partial charge in [0, 0.05) is 20.0 Å². The normalized spacial score (nSPS) is 16.4. The van der Waals surface area contributed by atoms with Crippen molar-refractivity contribution in [1.29, 1.82) is 0 Å². The summed E-state index contributed by atoms with van der Waals surface area (Å²) in [5.41, 5.74) is 4.63. The monoisotopic (exact) mass is 405 g/mol. The fourth-order valence-electron chi connectivity index (χ4n) is 4.43. The van der Waals surface area contributed by atoms with Crippen LogP contribution in [0.2, 0.25) is 0 Å². The number of unbranched alkanes of at least 4 members (excludes halogenated alkanes) is 1. The van der Waals surface area contributed by atoms with Crippen LogP contribution in [-0.2, 0) is 11.3 Å². The highest BCUT2D eigenvalue weighted by atomic mass is 16.5. The first-order valence-corrected chi connectivity index (χ1v) is 11.0. The van der Waals surface area contributed by atoms with Gasteiger partial charge in [-0.25, -0.2) is 4.98 Å². The molecule has 1 aliphatic heterocycles. The second-order valence-corrected chi connectivity index (χ2v) is 8.23. The molecule has 0 spiro atoms. The number of aromatic nitrogens is 2. The minimum atomic E-state index is 0.0843. The Kier molecular flexibility index (Phi) is 6.07. The van der Waals surface area contributed by atoms with E-state index in [-0.39, 0.29) is 11.9 Å². The number of likely N-dealkylation sites (tertiary alicyclic amines) is 1. The summed E-state index contributed by atoms with van der Waals surface area (Å²) in [5.74, 6) is 2.14. The van der Waals surface area contributed by atoms with E-state index >= 15 is 0 Å². The summed E-state index contributed by atoms with van der Waals surface area (Å²) in [4.78, 5) is 19.0. The van der Waals surface area contributed by atoms with Gasteiger partial charge in [-0.1, -0.05) is 24.3 Å². The standard InChI is InChI=1S/C25H31N3O2/c1-18-10-8-14-24(19(18)2)30-17-7-6-15-28-22-12-5-4-11-21(22)26-25(28)23-13-9-16-27(23)20(3)29/h4-5,8,10-12,14,23H,6-7,9,13,15-17H2,1-3H3/t23-/m1/s1. The Morgan fingerprint density at radius 2 is 1.97 bits per heavy atom. The summed E-state index contributed by atoms with van der Waals surface area (Å²) in [6.07, 6.45) is 4.00. The molecule has 1 aliphatic rings. The van der Waals surface area contributed by atoms with Gasteiger partial charge in [-0.2, -0.15) is 0 Å². The van der Waals surface area contributed by atoms with Crippen molar-refractivity contribution in [2.75, 3.05) is 13.2 Å². The van der Waals surface area contributed by atoms with Gasteiger partial charge in [0.1, 0.15) is 11.6 Å². The Balaban J connectivity index is 1.45. The number of nitrogens with zero attached hydrogens (tertiary/aromatic N) is 3. The van der Waals surface area contributed by atoms with Crippen LogP contribution in [0.4, 0.5) is 0 Å². The fraction of sp³-hybridized carbons (Fsp3) is 0.440. The number of carbonyl (C=O) groups is 1. The molecular weight excluding hydrogens is 374 g/mol. The molecule has 3 aromatic rings. The van der Waals surface area contributed by atoms with E-state index in [1.54, 1.807) is 6.92 Å². The van der Waals surface area contributed by atoms with E-state index in [1.807, 2.05) is 23.1 Å². The van der Waals surface area contributed by atoms with Crippen molar-refractivity contribution in [3.63, 3.8) is 0 Å². The van der Waals surface area contributed by atoms with Crippen LogP contribution < -0.4 is 4.74 Å². The van der Waals surface area contributed by atoms with Crippen molar-refractivity contribution in [2.24, 2.45) is 0 Å². The van der Waals surface area contributed by atoms with Crippen LogP contribution in [0.5, 0.6) is 5.75 Å². The summed E-state index contributed by atoms with van der Waals surface area (Å²) in [7, 11) is 0. The van der Waals surface area contributed by atoms with Crippen LogP contribution in [0, 0.1) is 13.8 Å². The lowest BCUT2D eigenvalue weighted by molar-refractivity contribution is -0.129. The number of imidazole rings is 1. The molecule has 0 saturated carbocycles. The van der Waals surface area contributed by atoms with E-state index in [0.29, 0.717) is 6.61 Å². The molecule has 1 aromatic heterocycles. The number of benzene rings is 2. The lowest BCUT2D eigenvalue weighted by Crippen LogP contribution is -2.30. The van der Waals surface area contributed by atoms with Gasteiger partial charge in [0.2, 0.25) is 5.91 Å². The number of rotatable bonds is 7. The van der Waals surface area contributed by atoms with Gasteiger partial charge in [-0.3, -0.25) is 4.79 Å².